The van der Waals surface area contributed by atoms with Gasteiger partial charge in [0.1, 0.15) is 0 Å². The predicted octanol–water partition coefficient (Wildman–Crippen LogP) is 2.99. The molecule has 2 bridgehead atoms. The van der Waals surface area contributed by atoms with Crippen molar-refractivity contribution in [3.05, 3.63) is 35.9 Å². The molecular weight excluding hydrogens is 271 g/mol. The average Bonchev–Trinajstić information content (AvgIpc) is 2.60. The first-order chi connectivity index (χ1) is 10.8. The van der Waals surface area contributed by atoms with Crippen molar-refractivity contribution in [3.63, 3.8) is 0 Å². The van der Waals surface area contributed by atoms with Gasteiger partial charge in [0, 0.05) is 26.2 Å². The number of fused-ring (bicyclic) bond motifs is 3. The highest BCUT2D eigenvalue weighted by Crippen LogP contribution is 2.35. The second-order valence-electron chi connectivity index (χ2n) is 6.84. The first-order valence-electron chi connectivity index (χ1n) is 8.75. The van der Waals surface area contributed by atoms with Gasteiger partial charge in [-0.1, -0.05) is 35.9 Å². The van der Waals surface area contributed by atoms with E-state index in [0.717, 1.165) is 24.6 Å². The normalized spacial score (nSPS) is 28.1. The third-order valence-corrected chi connectivity index (χ3v) is 5.69. The Bertz CT molecular complexity index is 495. The molecule has 119 valence electrons. The van der Waals surface area contributed by atoms with Crippen LogP contribution in [0.15, 0.2) is 35.3 Å². The number of quaternary nitrogens is 1. The minimum absolute atomic E-state index is 0.383. The topological polar surface area (TPSA) is 21.6 Å². The molecule has 3 aliphatic heterocycles. The number of hydrogen-bond acceptors (Lipinski definition) is 2. The summed E-state index contributed by atoms with van der Waals surface area (Å²) in [6.07, 6.45) is 5.19. The van der Waals surface area contributed by atoms with Gasteiger partial charge in [-0.15, -0.1) is 6.32 Å². The van der Waals surface area contributed by atoms with Crippen LogP contribution in [0.2, 0.25) is 0 Å². The van der Waals surface area contributed by atoms with Crippen LogP contribution in [0, 0.1) is 5.92 Å². The molecule has 22 heavy (non-hydrogen) atoms. The van der Waals surface area contributed by atoms with Crippen molar-refractivity contribution < 1.29 is 9.13 Å². The van der Waals surface area contributed by atoms with Crippen LogP contribution in [0.5, 0.6) is 0 Å². The Labute approximate surface area is 135 Å². The van der Waals surface area contributed by atoms with Crippen LogP contribution in [-0.2, 0) is 11.1 Å². The van der Waals surface area contributed by atoms with Gasteiger partial charge in [0.05, 0.1) is 12.9 Å². The van der Waals surface area contributed by atoms with E-state index in [1.54, 1.807) is 7.11 Å². The summed E-state index contributed by atoms with van der Waals surface area (Å²) in [5.74, 6) is 1.94. The summed E-state index contributed by atoms with van der Waals surface area (Å²) < 4.78 is 6.95. The molecule has 0 unspecified atom stereocenters. The van der Waals surface area contributed by atoms with Gasteiger partial charge in [-0.3, -0.25) is 4.99 Å². The molecule has 0 atom stereocenters. The van der Waals surface area contributed by atoms with E-state index in [2.05, 4.69) is 37.3 Å². The van der Waals surface area contributed by atoms with Crippen molar-refractivity contribution in [2.45, 2.75) is 32.5 Å². The molecule has 3 fully saturated rings. The molecule has 0 amide bonds. The molecule has 1 aromatic carbocycles. The Morgan fingerprint density at radius 3 is 2.36 bits per heavy atom. The quantitative estimate of drug-likeness (QED) is 0.465. The summed E-state index contributed by atoms with van der Waals surface area (Å²) in [6.45, 7) is 7.18. The molecule has 1 aromatic rings. The second-order valence-corrected chi connectivity index (χ2v) is 6.84. The first-order valence-corrected chi connectivity index (χ1v) is 8.75. The Kier molecular flexibility index (Phi) is 4.87. The van der Waals surface area contributed by atoms with Crippen LogP contribution in [-0.4, -0.2) is 50.3 Å². The van der Waals surface area contributed by atoms with Crippen molar-refractivity contribution in [1.29, 1.82) is 0 Å². The van der Waals surface area contributed by atoms with Gasteiger partial charge in [0.2, 0.25) is 6.85 Å². The number of piperidine rings is 3. The molecule has 4 heteroatoms. The van der Waals surface area contributed by atoms with Gasteiger partial charge < -0.3 is 9.13 Å². The number of nitrogens with zero attached hydrogens (tertiary/aromatic N) is 2. The highest BCUT2D eigenvalue weighted by molar-refractivity contribution is 6.84. The second kappa shape index (κ2) is 6.87. The van der Waals surface area contributed by atoms with E-state index >= 15 is 0 Å². The lowest BCUT2D eigenvalue weighted by molar-refractivity contribution is -0.844. The Morgan fingerprint density at radius 1 is 1.18 bits per heavy atom. The standard InChI is InChI=1S/C18H28BN2O/c1-3-20-18(22-2)19(15-17-7-5-4-6-8-17)21-12-9-16(10-13-21)11-14-21/h4-8,16H,3,9-15H2,1-2H3. The van der Waals surface area contributed by atoms with E-state index in [1.165, 1.54) is 48.9 Å². The fourth-order valence-electron chi connectivity index (χ4n) is 4.37. The van der Waals surface area contributed by atoms with Crippen LogP contribution >= 0.6 is 0 Å². The number of benzene rings is 1. The summed E-state index contributed by atoms with van der Waals surface area (Å²) in [6, 6.07) is 10.8. The van der Waals surface area contributed by atoms with E-state index in [1.807, 2.05) is 0 Å². The molecule has 3 saturated heterocycles. The predicted molar refractivity (Wildman–Crippen MR) is 93.1 cm³/mol. The molecule has 3 heterocycles. The number of hydrogen-bond donors (Lipinski definition) is 0. The molecule has 0 aliphatic carbocycles. The number of ether oxygens (including phenoxy) is 1. The molecule has 4 rings (SSSR count). The maximum atomic E-state index is 5.76. The van der Waals surface area contributed by atoms with Crippen LogP contribution in [0.25, 0.3) is 0 Å². The summed E-state index contributed by atoms with van der Waals surface area (Å²) >= 11 is 0. The summed E-state index contributed by atoms with van der Waals surface area (Å²) in [5.41, 5.74) is 1.40. The molecule has 3 aliphatic rings. The number of rotatable bonds is 5. The number of aliphatic imine (C=N–C) groups is 1. The fourth-order valence-corrected chi connectivity index (χ4v) is 4.37. The largest absolute Gasteiger partial charge is 0.529 e. The highest BCUT2D eigenvalue weighted by Gasteiger charge is 2.41. The van der Waals surface area contributed by atoms with Crippen LogP contribution < -0.4 is 0 Å². The van der Waals surface area contributed by atoms with Gasteiger partial charge >= 0.3 is 0 Å². The molecule has 0 N–H and O–H groups in total. The Balaban J connectivity index is 1.90. The van der Waals surface area contributed by atoms with E-state index in [0.29, 0.717) is 6.85 Å². The summed E-state index contributed by atoms with van der Waals surface area (Å²) in [7, 11) is 1.79. The zero-order valence-electron chi connectivity index (χ0n) is 14.0. The number of methoxy groups -OCH3 is 1. The van der Waals surface area contributed by atoms with Crippen LogP contribution in [0.3, 0.4) is 0 Å². The van der Waals surface area contributed by atoms with Gasteiger partial charge in [-0.25, -0.2) is 0 Å². The molecule has 0 spiro atoms. The first kappa shape index (κ1) is 15.6. The lowest BCUT2D eigenvalue weighted by Crippen LogP contribution is -2.69. The summed E-state index contributed by atoms with van der Waals surface area (Å²) in [5, 5.41) is 0. The third-order valence-electron chi connectivity index (χ3n) is 5.69. The van der Waals surface area contributed by atoms with Crippen molar-refractivity contribution >= 4 is 12.6 Å². The minimum atomic E-state index is 0.383. The summed E-state index contributed by atoms with van der Waals surface area (Å²) in [4.78, 5) is 4.70. The van der Waals surface area contributed by atoms with Crippen LogP contribution in [0.1, 0.15) is 31.7 Å². The van der Waals surface area contributed by atoms with E-state index in [-0.39, 0.29) is 0 Å². The van der Waals surface area contributed by atoms with Crippen molar-refractivity contribution in [2.24, 2.45) is 10.9 Å². The minimum Gasteiger partial charge on any atom is -0.529 e. The van der Waals surface area contributed by atoms with Gasteiger partial charge in [-0.2, -0.15) is 0 Å². The molecular formula is C18H28BN2O. The zero-order chi connectivity index (χ0) is 15.4. The van der Waals surface area contributed by atoms with Gasteiger partial charge in [-0.05, 0) is 32.1 Å². The third kappa shape index (κ3) is 3.07. The van der Waals surface area contributed by atoms with Crippen molar-refractivity contribution in [3.8, 4) is 0 Å². The zero-order valence-corrected chi connectivity index (χ0v) is 14.0. The maximum absolute atomic E-state index is 5.76. The average molecular weight is 299 g/mol. The lowest BCUT2D eigenvalue weighted by Gasteiger charge is -2.61. The molecule has 0 saturated carbocycles. The molecule has 3 nitrogen and oxygen atoms in total. The molecule has 1 radical (unpaired) electrons. The van der Waals surface area contributed by atoms with Gasteiger partial charge in [0.25, 0.3) is 0 Å². The SMILES string of the molecule is CCN=C(OC)[B-](Cc1ccccc1)[N+]12CCC(CC1)CC2. The molecule has 0 aromatic heterocycles. The van der Waals surface area contributed by atoms with Crippen molar-refractivity contribution in [1.82, 2.24) is 0 Å². The fraction of sp³-hybridized carbons (Fsp3) is 0.611. The Morgan fingerprint density at radius 2 is 1.82 bits per heavy atom. The van der Waals surface area contributed by atoms with E-state index < -0.39 is 0 Å². The lowest BCUT2D eigenvalue weighted by atomic mass is 9.50. The Hall–Kier alpha value is -1.29. The highest BCUT2D eigenvalue weighted by atomic mass is 16.5. The monoisotopic (exact) mass is 299 g/mol. The van der Waals surface area contributed by atoms with E-state index in [4.69, 9.17) is 9.73 Å². The van der Waals surface area contributed by atoms with Crippen LogP contribution in [0.4, 0.5) is 0 Å². The van der Waals surface area contributed by atoms with Gasteiger partial charge in [0.15, 0.2) is 0 Å². The van der Waals surface area contributed by atoms with Crippen molar-refractivity contribution in [2.75, 3.05) is 33.3 Å². The van der Waals surface area contributed by atoms with E-state index in [9.17, 15) is 0 Å². The maximum Gasteiger partial charge on any atom is 0.229 e. The smallest absolute Gasteiger partial charge is 0.229 e.